The van der Waals surface area contributed by atoms with Crippen LogP contribution in [0.4, 0.5) is 5.95 Å². The van der Waals surface area contributed by atoms with Crippen LogP contribution >= 0.6 is 20.8 Å². The van der Waals surface area contributed by atoms with Gasteiger partial charge in [-0.1, -0.05) is 23.8 Å². The van der Waals surface area contributed by atoms with Crippen molar-refractivity contribution in [2.75, 3.05) is 25.5 Å². The highest BCUT2D eigenvalue weighted by molar-refractivity contribution is 7.22. The predicted molar refractivity (Wildman–Crippen MR) is 131 cm³/mol. The maximum absolute atomic E-state index is 12.7. The minimum absolute atomic E-state index is 0.0286. The summed E-state index contributed by atoms with van der Waals surface area (Å²) >= 11 is 6.61. The van der Waals surface area contributed by atoms with Crippen LogP contribution in [-0.4, -0.2) is 45.5 Å². The zero-order chi connectivity index (χ0) is 22.5. The monoisotopic (exact) mass is 462 g/mol. The van der Waals surface area contributed by atoms with Gasteiger partial charge in [0.2, 0.25) is 11.9 Å². The number of fused-ring (bicyclic) bond motifs is 1. The summed E-state index contributed by atoms with van der Waals surface area (Å²) in [6.07, 6.45) is 7.18. The first-order chi connectivity index (χ1) is 14.8. The van der Waals surface area contributed by atoms with Crippen molar-refractivity contribution < 1.29 is 4.79 Å². The van der Waals surface area contributed by atoms with E-state index in [-0.39, 0.29) is 5.91 Å². The van der Waals surface area contributed by atoms with Crippen molar-refractivity contribution in [3.05, 3.63) is 39.8 Å². The van der Waals surface area contributed by atoms with Crippen molar-refractivity contribution in [1.82, 2.24) is 19.5 Å². The number of likely N-dealkylation sites (tertiary alicyclic amines) is 1. The van der Waals surface area contributed by atoms with E-state index in [1.807, 2.05) is 25.3 Å². The zero-order valence-corrected chi connectivity index (χ0v) is 20.4. The Labute approximate surface area is 191 Å². The molecule has 9 heteroatoms. The van der Waals surface area contributed by atoms with Gasteiger partial charge in [0.1, 0.15) is 0 Å². The molecule has 0 spiro atoms. The highest BCUT2D eigenvalue weighted by Gasteiger charge is 2.21. The maximum atomic E-state index is 12.7. The van der Waals surface area contributed by atoms with Gasteiger partial charge in [-0.3, -0.25) is 14.5 Å². The second kappa shape index (κ2) is 10.7. The number of hydrogen-bond acceptors (Lipinski definition) is 5. The van der Waals surface area contributed by atoms with Crippen LogP contribution in [0.25, 0.3) is 11.2 Å². The molecule has 1 atom stereocenters. The average Bonchev–Trinajstić information content (AvgIpc) is 3.10. The number of anilines is 1. The third-order valence-electron chi connectivity index (χ3n) is 5.73. The largest absolute Gasteiger partial charge is 0.326 e. The van der Waals surface area contributed by atoms with E-state index in [1.54, 1.807) is 4.40 Å². The van der Waals surface area contributed by atoms with Crippen molar-refractivity contribution >= 4 is 43.9 Å². The molecule has 1 saturated heterocycles. The summed E-state index contributed by atoms with van der Waals surface area (Å²) in [4.78, 5) is 15.0. The van der Waals surface area contributed by atoms with E-state index in [2.05, 4.69) is 43.6 Å². The Balaban J connectivity index is 1.90. The van der Waals surface area contributed by atoms with Gasteiger partial charge in [0.15, 0.2) is 5.65 Å². The molecule has 2 aromatic heterocycles. The highest BCUT2D eigenvalue weighted by Crippen LogP contribution is 2.31. The fourth-order valence-corrected chi connectivity index (χ4v) is 4.66. The SMILES string of the molecule is CC/C(=C(Cl)\C=C(/C)P)c1cn2c(NC(=O)CC3CCN(C)CC3)nnc2cc1CN. The van der Waals surface area contributed by atoms with Gasteiger partial charge in [-0.15, -0.1) is 19.4 Å². The molecule has 2 aromatic rings. The molecule has 1 aliphatic heterocycles. The third kappa shape index (κ3) is 5.92. The molecule has 1 aliphatic rings. The molecule has 31 heavy (non-hydrogen) atoms. The van der Waals surface area contributed by atoms with Gasteiger partial charge in [-0.05, 0) is 75.5 Å². The van der Waals surface area contributed by atoms with E-state index in [4.69, 9.17) is 17.3 Å². The average molecular weight is 463 g/mol. The minimum Gasteiger partial charge on any atom is -0.326 e. The summed E-state index contributed by atoms with van der Waals surface area (Å²) in [5.74, 6) is 0.798. The van der Waals surface area contributed by atoms with Gasteiger partial charge in [0, 0.05) is 29.8 Å². The van der Waals surface area contributed by atoms with Crippen molar-refractivity contribution in [3.63, 3.8) is 0 Å². The molecule has 0 bridgehead atoms. The summed E-state index contributed by atoms with van der Waals surface area (Å²) in [7, 11) is 4.77. The number of hydrogen-bond donors (Lipinski definition) is 2. The van der Waals surface area contributed by atoms with Gasteiger partial charge in [0.05, 0.1) is 0 Å². The third-order valence-corrected chi connectivity index (χ3v) is 6.24. The van der Waals surface area contributed by atoms with Gasteiger partial charge in [-0.2, -0.15) is 0 Å². The van der Waals surface area contributed by atoms with Crippen LogP contribution in [0.1, 0.15) is 50.7 Å². The second-order valence-corrected chi connectivity index (χ2v) is 9.55. The molecule has 3 heterocycles. The number of allylic oxidation sites excluding steroid dienone is 4. The van der Waals surface area contributed by atoms with Crippen LogP contribution in [0.2, 0.25) is 0 Å². The molecule has 168 valence electrons. The molecular formula is C22H32ClN6OP. The van der Waals surface area contributed by atoms with Crippen LogP contribution < -0.4 is 11.1 Å². The Morgan fingerprint density at radius 3 is 2.71 bits per heavy atom. The molecule has 1 unspecified atom stereocenters. The maximum Gasteiger partial charge on any atom is 0.235 e. The predicted octanol–water partition coefficient (Wildman–Crippen LogP) is 4.00. The first kappa shape index (κ1) is 23.9. The lowest BCUT2D eigenvalue weighted by molar-refractivity contribution is -0.117. The number of pyridine rings is 1. The Morgan fingerprint density at radius 1 is 1.39 bits per heavy atom. The van der Waals surface area contributed by atoms with Crippen LogP contribution in [0.15, 0.2) is 28.7 Å². The Bertz CT molecular complexity index is 1000. The number of nitrogens with two attached hydrogens (primary N) is 1. The molecule has 0 saturated carbocycles. The summed E-state index contributed by atoms with van der Waals surface area (Å²) in [6, 6.07) is 1.91. The number of rotatable bonds is 7. The van der Waals surface area contributed by atoms with E-state index in [9.17, 15) is 4.79 Å². The van der Waals surface area contributed by atoms with Crippen molar-refractivity contribution in [2.45, 2.75) is 46.1 Å². The Kier molecular flexibility index (Phi) is 8.23. The van der Waals surface area contributed by atoms with Crippen molar-refractivity contribution in [3.8, 4) is 0 Å². The lowest BCUT2D eigenvalue weighted by Gasteiger charge is -2.28. The van der Waals surface area contributed by atoms with Gasteiger partial charge >= 0.3 is 0 Å². The van der Waals surface area contributed by atoms with E-state index in [1.165, 1.54) is 0 Å². The number of piperidine rings is 1. The zero-order valence-electron chi connectivity index (χ0n) is 18.5. The van der Waals surface area contributed by atoms with Crippen LogP contribution in [0.3, 0.4) is 0 Å². The second-order valence-electron chi connectivity index (χ2n) is 8.24. The van der Waals surface area contributed by atoms with Crippen molar-refractivity contribution in [2.24, 2.45) is 11.7 Å². The molecule has 0 aromatic carbocycles. The number of carbonyl (C=O) groups excluding carboxylic acids is 1. The molecule has 3 N–H and O–H groups in total. The Morgan fingerprint density at radius 2 is 2.10 bits per heavy atom. The standard InChI is InChI=1S/C22H32ClN6OP/c1-4-17(19(23)9-14(2)31)18-13-29-20(11-16(18)12-24)26-27-22(29)25-21(30)10-15-5-7-28(3)8-6-15/h9,11,13,15H,4-8,10,12,24,31H2,1-3H3,(H,25,27,30)/b14-9+,19-17-. The number of halogens is 1. The first-order valence-electron chi connectivity index (χ1n) is 10.7. The molecule has 1 amide bonds. The molecule has 0 radical (unpaired) electrons. The van der Waals surface area contributed by atoms with Gasteiger partial charge in [-0.25, -0.2) is 0 Å². The smallest absolute Gasteiger partial charge is 0.235 e. The van der Waals surface area contributed by atoms with E-state index < -0.39 is 0 Å². The number of carbonyl (C=O) groups is 1. The van der Waals surface area contributed by atoms with Crippen LogP contribution in [-0.2, 0) is 11.3 Å². The minimum atomic E-state index is -0.0286. The lowest BCUT2D eigenvalue weighted by Crippen LogP contribution is -2.32. The normalized spacial score (nSPS) is 17.2. The fourth-order valence-electron chi connectivity index (χ4n) is 3.98. The summed E-state index contributed by atoms with van der Waals surface area (Å²) in [6.45, 7) is 6.46. The summed E-state index contributed by atoms with van der Waals surface area (Å²) < 4.78 is 1.80. The van der Waals surface area contributed by atoms with E-state index in [0.29, 0.717) is 35.5 Å². The molecule has 3 rings (SSSR count). The number of nitrogens with one attached hydrogen (secondary N) is 1. The van der Waals surface area contributed by atoms with Gasteiger partial charge < -0.3 is 10.6 Å². The number of aromatic nitrogens is 3. The lowest BCUT2D eigenvalue weighted by atomic mass is 9.93. The number of nitrogens with zero attached hydrogens (tertiary/aromatic N) is 4. The molecule has 7 nitrogen and oxygen atoms in total. The van der Waals surface area contributed by atoms with Crippen molar-refractivity contribution in [1.29, 1.82) is 0 Å². The van der Waals surface area contributed by atoms with E-state index in [0.717, 1.165) is 54.4 Å². The van der Waals surface area contributed by atoms with Gasteiger partial charge in [0.25, 0.3) is 0 Å². The summed E-state index contributed by atoms with van der Waals surface area (Å²) in [5, 5.41) is 13.1. The first-order valence-corrected chi connectivity index (χ1v) is 11.7. The molecular weight excluding hydrogens is 431 g/mol. The highest BCUT2D eigenvalue weighted by atomic mass is 35.5. The molecule has 1 fully saturated rings. The fraction of sp³-hybridized carbons (Fsp3) is 0.500. The number of amides is 1. The quantitative estimate of drug-likeness (QED) is 0.479. The van der Waals surface area contributed by atoms with E-state index >= 15 is 0 Å². The Hall–Kier alpha value is -1.79. The topological polar surface area (TPSA) is 88.5 Å². The summed E-state index contributed by atoms with van der Waals surface area (Å²) in [5.41, 5.74) is 9.53. The molecule has 0 aliphatic carbocycles. The van der Waals surface area contributed by atoms with Crippen LogP contribution in [0.5, 0.6) is 0 Å². The van der Waals surface area contributed by atoms with Crippen LogP contribution in [0, 0.1) is 5.92 Å².